The van der Waals surface area contributed by atoms with Crippen LogP contribution < -0.4 is 10.9 Å². The zero-order valence-electron chi connectivity index (χ0n) is 10.2. The van der Waals surface area contributed by atoms with E-state index in [9.17, 15) is 14.7 Å². The standard InChI is InChI=1S/C13H14N2O4/c16-11(8-15-5-2-1-3-12(15)17)7-14-13(18)10-4-6-19-9-10/h1-6,9,11,16H,7-8H2,(H,14,18)/t11-/m0/s1. The van der Waals surface area contributed by atoms with Crippen LogP contribution in [0.15, 0.2) is 52.2 Å². The second-order valence-corrected chi connectivity index (χ2v) is 4.07. The minimum absolute atomic E-state index is 0.0609. The molecule has 100 valence electrons. The number of carbonyl (C=O) groups excluding carboxylic acids is 1. The van der Waals surface area contributed by atoms with Gasteiger partial charge >= 0.3 is 0 Å². The van der Waals surface area contributed by atoms with Crippen LogP contribution in [0.5, 0.6) is 0 Å². The van der Waals surface area contributed by atoms with Gasteiger partial charge in [-0.2, -0.15) is 0 Å². The third-order valence-electron chi connectivity index (χ3n) is 2.59. The Morgan fingerprint density at radius 1 is 1.42 bits per heavy atom. The molecule has 0 aliphatic rings. The molecule has 2 rings (SSSR count). The number of aliphatic hydroxyl groups is 1. The van der Waals surface area contributed by atoms with E-state index in [0.717, 1.165) is 0 Å². The van der Waals surface area contributed by atoms with Crippen LogP contribution in [-0.2, 0) is 6.54 Å². The maximum Gasteiger partial charge on any atom is 0.254 e. The van der Waals surface area contributed by atoms with E-state index >= 15 is 0 Å². The number of nitrogens with one attached hydrogen (secondary N) is 1. The average molecular weight is 262 g/mol. The molecule has 2 heterocycles. The Hall–Kier alpha value is -2.34. The fourth-order valence-electron chi connectivity index (χ4n) is 1.61. The van der Waals surface area contributed by atoms with Crippen LogP contribution >= 0.6 is 0 Å². The van der Waals surface area contributed by atoms with Crippen molar-refractivity contribution < 1.29 is 14.3 Å². The van der Waals surface area contributed by atoms with Crippen LogP contribution in [0.2, 0.25) is 0 Å². The number of pyridine rings is 1. The predicted molar refractivity (Wildman–Crippen MR) is 67.8 cm³/mol. The molecular formula is C13H14N2O4. The molecule has 6 heteroatoms. The van der Waals surface area contributed by atoms with E-state index in [1.54, 1.807) is 18.3 Å². The lowest BCUT2D eigenvalue weighted by molar-refractivity contribution is 0.0902. The van der Waals surface area contributed by atoms with E-state index in [1.165, 1.54) is 29.2 Å². The second kappa shape index (κ2) is 6.01. The fourth-order valence-corrected chi connectivity index (χ4v) is 1.61. The van der Waals surface area contributed by atoms with E-state index in [2.05, 4.69) is 5.32 Å². The molecule has 0 aliphatic heterocycles. The van der Waals surface area contributed by atoms with Crippen molar-refractivity contribution in [1.82, 2.24) is 9.88 Å². The third-order valence-corrected chi connectivity index (χ3v) is 2.59. The van der Waals surface area contributed by atoms with Gasteiger partial charge in [-0.3, -0.25) is 9.59 Å². The average Bonchev–Trinajstić information content (AvgIpc) is 2.93. The Morgan fingerprint density at radius 3 is 2.95 bits per heavy atom. The van der Waals surface area contributed by atoms with Gasteiger partial charge in [-0.15, -0.1) is 0 Å². The first-order valence-corrected chi connectivity index (χ1v) is 5.81. The highest BCUT2D eigenvalue weighted by atomic mass is 16.3. The van der Waals surface area contributed by atoms with Gasteiger partial charge in [-0.05, 0) is 12.1 Å². The summed E-state index contributed by atoms with van der Waals surface area (Å²) in [6.45, 7) is 0.191. The van der Waals surface area contributed by atoms with E-state index in [1.807, 2.05) is 0 Å². The number of hydrogen-bond donors (Lipinski definition) is 2. The first-order chi connectivity index (χ1) is 9.16. The maximum atomic E-state index is 11.6. The second-order valence-electron chi connectivity index (χ2n) is 4.07. The highest BCUT2D eigenvalue weighted by molar-refractivity contribution is 5.93. The topological polar surface area (TPSA) is 84.5 Å². The minimum Gasteiger partial charge on any atom is -0.472 e. The summed E-state index contributed by atoms with van der Waals surface area (Å²) in [5.41, 5.74) is 0.201. The van der Waals surface area contributed by atoms with Crippen molar-refractivity contribution in [2.24, 2.45) is 0 Å². The van der Waals surface area contributed by atoms with E-state index in [-0.39, 0.29) is 24.6 Å². The van der Waals surface area contributed by atoms with Crippen molar-refractivity contribution in [2.45, 2.75) is 12.6 Å². The molecule has 0 unspecified atom stereocenters. The molecular weight excluding hydrogens is 248 g/mol. The van der Waals surface area contributed by atoms with Crippen molar-refractivity contribution in [2.75, 3.05) is 6.54 Å². The van der Waals surface area contributed by atoms with Gasteiger partial charge < -0.3 is 19.4 Å². The van der Waals surface area contributed by atoms with Crippen LogP contribution in [-0.4, -0.2) is 28.2 Å². The molecule has 0 radical (unpaired) electrons. The molecule has 2 aromatic rings. The summed E-state index contributed by atoms with van der Waals surface area (Å²) in [5.74, 6) is -0.326. The van der Waals surface area contributed by atoms with Crippen molar-refractivity contribution >= 4 is 5.91 Å². The molecule has 0 spiro atoms. The molecule has 1 atom stereocenters. The largest absolute Gasteiger partial charge is 0.472 e. The summed E-state index contributed by atoms with van der Waals surface area (Å²) < 4.78 is 6.17. The quantitative estimate of drug-likeness (QED) is 0.808. The maximum absolute atomic E-state index is 11.6. The number of aliphatic hydroxyl groups excluding tert-OH is 1. The third kappa shape index (κ3) is 3.56. The van der Waals surface area contributed by atoms with Crippen molar-refractivity contribution in [3.63, 3.8) is 0 Å². The monoisotopic (exact) mass is 262 g/mol. The Bertz CT molecular complexity index is 589. The van der Waals surface area contributed by atoms with Crippen molar-refractivity contribution in [3.05, 3.63) is 58.9 Å². The van der Waals surface area contributed by atoms with Crippen LogP contribution in [0.25, 0.3) is 0 Å². The summed E-state index contributed by atoms with van der Waals surface area (Å²) in [4.78, 5) is 23.0. The van der Waals surface area contributed by atoms with Gasteiger partial charge in [0.15, 0.2) is 0 Å². The first kappa shape index (κ1) is 13.1. The highest BCUT2D eigenvalue weighted by Crippen LogP contribution is 1.99. The smallest absolute Gasteiger partial charge is 0.254 e. The number of furan rings is 1. The SMILES string of the molecule is O=C(NC[C@H](O)Cn1ccccc1=O)c1ccoc1. The van der Waals surface area contributed by atoms with Gasteiger partial charge in [0.2, 0.25) is 0 Å². The van der Waals surface area contributed by atoms with Gasteiger partial charge in [0, 0.05) is 18.8 Å². The molecule has 0 bridgehead atoms. The highest BCUT2D eigenvalue weighted by Gasteiger charge is 2.10. The molecule has 0 aliphatic carbocycles. The number of carbonyl (C=O) groups is 1. The summed E-state index contributed by atoms with van der Waals surface area (Å²) in [5, 5.41) is 12.3. The van der Waals surface area contributed by atoms with Gasteiger partial charge in [-0.1, -0.05) is 6.07 Å². The van der Waals surface area contributed by atoms with Crippen LogP contribution in [0.4, 0.5) is 0 Å². The lowest BCUT2D eigenvalue weighted by Crippen LogP contribution is -2.36. The molecule has 2 N–H and O–H groups in total. The van der Waals surface area contributed by atoms with Gasteiger partial charge in [0.05, 0.1) is 24.5 Å². The van der Waals surface area contributed by atoms with Crippen LogP contribution in [0, 0.1) is 0 Å². The predicted octanol–water partition coefficient (Wildman–Crippen LogP) is 0.232. The minimum atomic E-state index is -0.837. The molecule has 1 amide bonds. The fraction of sp³-hybridized carbons (Fsp3) is 0.231. The molecule has 19 heavy (non-hydrogen) atoms. The van der Waals surface area contributed by atoms with Gasteiger partial charge in [0.1, 0.15) is 6.26 Å². The van der Waals surface area contributed by atoms with Gasteiger partial charge in [0.25, 0.3) is 11.5 Å². The normalized spacial score (nSPS) is 12.1. The number of hydrogen-bond acceptors (Lipinski definition) is 4. The summed E-state index contributed by atoms with van der Waals surface area (Å²) >= 11 is 0. The zero-order chi connectivity index (χ0) is 13.7. The van der Waals surface area contributed by atoms with Crippen molar-refractivity contribution in [3.8, 4) is 0 Å². The summed E-state index contributed by atoms with van der Waals surface area (Å²) in [7, 11) is 0. The molecule has 0 saturated heterocycles. The number of amides is 1. The molecule has 0 aromatic carbocycles. The Morgan fingerprint density at radius 2 is 2.26 bits per heavy atom. The first-order valence-electron chi connectivity index (χ1n) is 5.81. The molecule has 6 nitrogen and oxygen atoms in total. The number of aromatic nitrogens is 1. The lowest BCUT2D eigenvalue weighted by Gasteiger charge is -2.12. The number of nitrogens with zero attached hydrogens (tertiary/aromatic N) is 1. The molecule has 0 saturated carbocycles. The summed E-state index contributed by atoms with van der Waals surface area (Å²) in [6.07, 6.45) is 3.47. The van der Waals surface area contributed by atoms with Crippen LogP contribution in [0.3, 0.4) is 0 Å². The van der Waals surface area contributed by atoms with Crippen LogP contribution in [0.1, 0.15) is 10.4 Å². The molecule has 2 aromatic heterocycles. The molecule has 0 fully saturated rings. The lowest BCUT2D eigenvalue weighted by atomic mass is 10.3. The van der Waals surface area contributed by atoms with E-state index in [0.29, 0.717) is 5.56 Å². The summed E-state index contributed by atoms with van der Waals surface area (Å²) in [6, 6.07) is 6.28. The Balaban J connectivity index is 1.85. The van der Waals surface area contributed by atoms with Crippen molar-refractivity contribution in [1.29, 1.82) is 0 Å². The Labute approximate surface area is 109 Å². The Kier molecular flexibility index (Phi) is 4.15. The zero-order valence-corrected chi connectivity index (χ0v) is 10.2. The van der Waals surface area contributed by atoms with E-state index in [4.69, 9.17) is 4.42 Å². The van der Waals surface area contributed by atoms with E-state index < -0.39 is 6.10 Å². The van der Waals surface area contributed by atoms with Gasteiger partial charge in [-0.25, -0.2) is 0 Å². The number of rotatable bonds is 5.